The molecule has 0 N–H and O–H groups in total. The molecule has 0 unspecified atom stereocenters. The molecule has 0 atom stereocenters. The van der Waals surface area contributed by atoms with Crippen LogP contribution in [0.4, 0.5) is 5.69 Å². The summed E-state index contributed by atoms with van der Waals surface area (Å²) in [5.41, 5.74) is 1.23. The van der Waals surface area contributed by atoms with Crippen molar-refractivity contribution in [3.05, 3.63) is 46.5 Å². The minimum atomic E-state index is -0.498. The summed E-state index contributed by atoms with van der Waals surface area (Å²) in [5.74, 6) is 0.571. The van der Waals surface area contributed by atoms with Crippen molar-refractivity contribution >= 4 is 27.2 Å². The van der Waals surface area contributed by atoms with E-state index in [0.717, 1.165) is 15.3 Å². The second kappa shape index (κ2) is 5.61. The highest BCUT2D eigenvalue weighted by Crippen LogP contribution is 2.45. The molecule has 0 aliphatic heterocycles. The van der Waals surface area contributed by atoms with Gasteiger partial charge in [0.15, 0.2) is 0 Å². The van der Waals surface area contributed by atoms with Gasteiger partial charge in [-0.05, 0) is 0 Å². The van der Waals surface area contributed by atoms with Crippen molar-refractivity contribution in [3.63, 3.8) is 0 Å². The lowest BCUT2D eigenvalue weighted by Crippen LogP contribution is -1.96. The quantitative estimate of drug-likeness (QED) is 0.539. The lowest BCUT2D eigenvalue weighted by atomic mass is 10.2. The van der Waals surface area contributed by atoms with Gasteiger partial charge in [0.1, 0.15) is 21.0 Å². The molecule has 6 nitrogen and oxygen atoms in total. The molecular formula is C15H12N2O4S. The maximum atomic E-state index is 11.2. The van der Waals surface area contributed by atoms with Crippen molar-refractivity contribution in [2.75, 3.05) is 14.2 Å². The van der Waals surface area contributed by atoms with Crippen molar-refractivity contribution in [1.29, 1.82) is 0 Å². The maximum Gasteiger partial charge on any atom is 0.317 e. The van der Waals surface area contributed by atoms with Crippen molar-refractivity contribution < 1.29 is 14.4 Å². The second-order valence-corrected chi connectivity index (χ2v) is 5.45. The normalized spacial score (nSPS) is 10.6. The van der Waals surface area contributed by atoms with E-state index < -0.39 is 4.92 Å². The van der Waals surface area contributed by atoms with Gasteiger partial charge in [0.25, 0.3) is 0 Å². The smallest absolute Gasteiger partial charge is 0.317 e. The molecule has 0 radical (unpaired) electrons. The van der Waals surface area contributed by atoms with Crippen LogP contribution in [0.2, 0.25) is 0 Å². The van der Waals surface area contributed by atoms with E-state index in [0.29, 0.717) is 11.3 Å². The average Bonchev–Trinajstić information content (AvgIpc) is 2.99. The Labute approximate surface area is 130 Å². The van der Waals surface area contributed by atoms with Crippen LogP contribution in [0.1, 0.15) is 0 Å². The minimum Gasteiger partial charge on any atom is -0.495 e. The number of nitro groups is 1. The van der Waals surface area contributed by atoms with E-state index in [-0.39, 0.29) is 11.4 Å². The number of thiazole rings is 1. The molecule has 0 saturated heterocycles. The molecule has 2 aromatic carbocycles. The first-order valence-corrected chi connectivity index (χ1v) is 7.22. The third-order valence-corrected chi connectivity index (χ3v) is 4.33. The number of methoxy groups -OCH3 is 2. The van der Waals surface area contributed by atoms with Crippen LogP contribution < -0.4 is 9.47 Å². The van der Waals surface area contributed by atoms with E-state index in [4.69, 9.17) is 9.47 Å². The van der Waals surface area contributed by atoms with Gasteiger partial charge < -0.3 is 9.47 Å². The van der Waals surface area contributed by atoms with Gasteiger partial charge in [-0.25, -0.2) is 4.98 Å². The summed E-state index contributed by atoms with van der Waals surface area (Å²) >= 11 is 1.41. The van der Waals surface area contributed by atoms with Gasteiger partial charge in [-0.15, -0.1) is 11.3 Å². The number of fused-ring (bicyclic) bond motifs is 1. The van der Waals surface area contributed by atoms with Gasteiger partial charge in [0.2, 0.25) is 5.75 Å². The largest absolute Gasteiger partial charge is 0.495 e. The van der Waals surface area contributed by atoms with Crippen LogP contribution >= 0.6 is 11.3 Å². The highest BCUT2D eigenvalue weighted by Gasteiger charge is 2.25. The van der Waals surface area contributed by atoms with E-state index in [1.165, 1.54) is 31.6 Å². The predicted molar refractivity (Wildman–Crippen MR) is 84.8 cm³/mol. The minimum absolute atomic E-state index is 0.152. The van der Waals surface area contributed by atoms with Crippen molar-refractivity contribution in [2.45, 2.75) is 0 Å². The topological polar surface area (TPSA) is 74.5 Å². The molecule has 0 fully saturated rings. The number of hydrogen-bond donors (Lipinski definition) is 0. The Morgan fingerprint density at radius 1 is 1.18 bits per heavy atom. The number of benzene rings is 2. The molecular weight excluding hydrogens is 304 g/mol. The monoisotopic (exact) mass is 316 g/mol. The Bertz CT molecular complexity index is 846. The first-order valence-electron chi connectivity index (χ1n) is 6.41. The SMILES string of the molecule is COc1c([N+](=O)[O-])cc(OC)c2sc(-c3ccccc3)nc12. The zero-order valence-electron chi connectivity index (χ0n) is 11.9. The first kappa shape index (κ1) is 14.3. The standard InChI is InChI=1S/C15H12N2O4S/c1-20-11-8-10(17(18)19)13(21-2)12-14(11)22-15(16-12)9-6-4-3-5-7-9/h3-8H,1-2H3. The van der Waals surface area contributed by atoms with Crippen LogP contribution in [-0.2, 0) is 0 Å². The molecule has 0 aliphatic rings. The maximum absolute atomic E-state index is 11.2. The summed E-state index contributed by atoms with van der Waals surface area (Å²) in [6.45, 7) is 0. The molecule has 0 saturated carbocycles. The van der Waals surface area contributed by atoms with Crippen molar-refractivity contribution in [1.82, 2.24) is 4.98 Å². The third kappa shape index (κ3) is 2.25. The summed E-state index contributed by atoms with van der Waals surface area (Å²) in [6, 6.07) is 11.0. The van der Waals surface area contributed by atoms with Crippen LogP contribution in [0.15, 0.2) is 36.4 Å². The molecule has 0 spiro atoms. The number of hydrogen-bond acceptors (Lipinski definition) is 6. The molecule has 0 aliphatic carbocycles. The van der Waals surface area contributed by atoms with Gasteiger partial charge in [-0.3, -0.25) is 10.1 Å². The fourth-order valence-electron chi connectivity index (χ4n) is 2.21. The summed E-state index contributed by atoms with van der Waals surface area (Å²) in [6.07, 6.45) is 0. The number of rotatable bonds is 4. The van der Waals surface area contributed by atoms with Crippen molar-refractivity contribution in [3.8, 4) is 22.1 Å². The molecule has 22 heavy (non-hydrogen) atoms. The van der Waals surface area contributed by atoms with Gasteiger partial charge >= 0.3 is 5.69 Å². The molecule has 3 rings (SSSR count). The molecule has 1 heterocycles. The Kier molecular flexibility index (Phi) is 3.64. The lowest BCUT2D eigenvalue weighted by molar-refractivity contribution is -0.385. The Hall–Kier alpha value is -2.67. The fraction of sp³-hybridized carbons (Fsp3) is 0.133. The lowest BCUT2D eigenvalue weighted by Gasteiger charge is -2.05. The number of aromatic nitrogens is 1. The number of nitro benzene ring substituents is 1. The molecule has 112 valence electrons. The molecule has 3 aromatic rings. The van der Waals surface area contributed by atoms with Crippen LogP contribution in [0.5, 0.6) is 11.5 Å². The summed E-state index contributed by atoms with van der Waals surface area (Å²) in [4.78, 5) is 15.2. The highest BCUT2D eigenvalue weighted by atomic mass is 32.1. The number of nitrogens with zero attached hydrogens (tertiary/aromatic N) is 2. The summed E-state index contributed by atoms with van der Waals surface area (Å²) in [5, 5.41) is 12.0. The zero-order valence-corrected chi connectivity index (χ0v) is 12.7. The van der Waals surface area contributed by atoms with Crippen LogP contribution in [0.25, 0.3) is 20.8 Å². The summed E-state index contributed by atoms with van der Waals surface area (Å²) < 4.78 is 11.2. The van der Waals surface area contributed by atoms with E-state index in [9.17, 15) is 10.1 Å². The molecule has 0 amide bonds. The van der Waals surface area contributed by atoms with Gasteiger partial charge in [-0.1, -0.05) is 30.3 Å². The van der Waals surface area contributed by atoms with E-state index in [1.54, 1.807) is 0 Å². The van der Waals surface area contributed by atoms with Gasteiger partial charge in [0.05, 0.1) is 25.2 Å². The highest BCUT2D eigenvalue weighted by molar-refractivity contribution is 7.22. The molecule has 1 aromatic heterocycles. The Morgan fingerprint density at radius 2 is 1.91 bits per heavy atom. The van der Waals surface area contributed by atoms with Crippen LogP contribution in [0.3, 0.4) is 0 Å². The third-order valence-electron chi connectivity index (χ3n) is 3.21. The van der Waals surface area contributed by atoms with E-state index in [2.05, 4.69) is 4.98 Å². The average molecular weight is 316 g/mol. The van der Waals surface area contributed by atoms with Crippen LogP contribution in [0, 0.1) is 10.1 Å². The van der Waals surface area contributed by atoms with E-state index >= 15 is 0 Å². The predicted octanol–water partition coefficient (Wildman–Crippen LogP) is 3.89. The summed E-state index contributed by atoms with van der Waals surface area (Å²) in [7, 11) is 2.88. The van der Waals surface area contributed by atoms with Gasteiger partial charge in [-0.2, -0.15) is 0 Å². The van der Waals surface area contributed by atoms with Crippen molar-refractivity contribution in [2.24, 2.45) is 0 Å². The van der Waals surface area contributed by atoms with E-state index in [1.807, 2.05) is 30.3 Å². The second-order valence-electron chi connectivity index (χ2n) is 4.45. The Morgan fingerprint density at radius 3 is 2.50 bits per heavy atom. The molecule has 0 bridgehead atoms. The first-order chi connectivity index (χ1) is 10.7. The number of ether oxygens (including phenoxy) is 2. The molecule has 7 heteroatoms. The van der Waals surface area contributed by atoms with Gasteiger partial charge in [0, 0.05) is 5.56 Å². The fourth-order valence-corrected chi connectivity index (χ4v) is 3.27. The Balaban J connectivity index is 2.32. The zero-order chi connectivity index (χ0) is 15.7. The van der Waals surface area contributed by atoms with Crippen LogP contribution in [-0.4, -0.2) is 24.1 Å².